The third-order valence-electron chi connectivity index (χ3n) is 5.01. The molecule has 0 bridgehead atoms. The topological polar surface area (TPSA) is 116 Å². The van der Waals surface area contributed by atoms with Crippen LogP contribution in [0.4, 0.5) is 5.69 Å². The number of rotatable bonds is 5. The lowest BCUT2D eigenvalue weighted by Gasteiger charge is -2.35. The van der Waals surface area contributed by atoms with Crippen molar-refractivity contribution in [3.63, 3.8) is 0 Å². The fourth-order valence-electron chi connectivity index (χ4n) is 3.36. The van der Waals surface area contributed by atoms with Crippen LogP contribution in [-0.2, 0) is 32.0 Å². The van der Waals surface area contributed by atoms with Gasteiger partial charge in [0.2, 0.25) is 0 Å². The number of benzene rings is 2. The molecule has 0 unspecified atom stereocenters. The highest BCUT2D eigenvalue weighted by atomic mass is 16.6. The van der Waals surface area contributed by atoms with Crippen LogP contribution in [0.25, 0.3) is 0 Å². The van der Waals surface area contributed by atoms with Crippen molar-refractivity contribution in [3.05, 3.63) is 74.8 Å². The summed E-state index contributed by atoms with van der Waals surface area (Å²) in [7, 11) is 1.25. The number of hydrogen-bond donors (Lipinski definition) is 0. The Labute approximate surface area is 172 Å². The van der Waals surface area contributed by atoms with Gasteiger partial charge in [0.05, 0.1) is 17.6 Å². The van der Waals surface area contributed by atoms with Gasteiger partial charge in [0.25, 0.3) is 11.6 Å². The second-order valence-corrected chi connectivity index (χ2v) is 6.87. The summed E-state index contributed by atoms with van der Waals surface area (Å²) in [5, 5.41) is 11.0. The molecule has 0 spiro atoms. The number of fused-ring (bicyclic) bond motifs is 1. The molecule has 9 heteroatoms. The Balaban J connectivity index is 1.73. The summed E-state index contributed by atoms with van der Waals surface area (Å²) >= 11 is 0. The highest BCUT2D eigenvalue weighted by Gasteiger charge is 2.35. The van der Waals surface area contributed by atoms with Crippen LogP contribution in [0.2, 0.25) is 0 Å². The van der Waals surface area contributed by atoms with Crippen molar-refractivity contribution in [2.75, 3.05) is 13.7 Å². The molecule has 1 aliphatic rings. The van der Waals surface area contributed by atoms with Crippen molar-refractivity contribution < 1.29 is 28.8 Å². The maximum atomic E-state index is 12.7. The summed E-state index contributed by atoms with van der Waals surface area (Å²) in [6, 6.07) is 10.6. The summed E-state index contributed by atoms with van der Waals surface area (Å²) in [5.74, 6) is -1.98. The van der Waals surface area contributed by atoms with Crippen LogP contribution < -0.4 is 0 Å². The fourth-order valence-corrected chi connectivity index (χ4v) is 3.36. The van der Waals surface area contributed by atoms with Gasteiger partial charge in [0, 0.05) is 24.6 Å². The number of nitrogens with zero attached hydrogens (tertiary/aromatic N) is 2. The minimum atomic E-state index is -0.863. The molecular weight excluding hydrogens is 392 g/mol. The zero-order valence-electron chi connectivity index (χ0n) is 16.5. The molecule has 156 valence electrons. The lowest BCUT2D eigenvalue weighted by molar-refractivity contribution is -0.385. The molecule has 3 rings (SSSR count). The minimum Gasteiger partial charge on any atom is -0.467 e. The predicted octanol–water partition coefficient (Wildman–Crippen LogP) is 2.19. The lowest BCUT2D eigenvalue weighted by Crippen LogP contribution is -2.50. The smallest absolute Gasteiger partial charge is 0.338 e. The number of nitro groups is 1. The molecule has 1 amide bonds. The molecular formula is C21H20N2O7. The Bertz CT molecular complexity index is 1020. The number of amides is 1. The van der Waals surface area contributed by atoms with Crippen LogP contribution in [0, 0.1) is 17.0 Å². The van der Waals surface area contributed by atoms with E-state index < -0.39 is 35.4 Å². The van der Waals surface area contributed by atoms with Crippen LogP contribution >= 0.6 is 0 Å². The van der Waals surface area contributed by atoms with E-state index in [1.54, 1.807) is 6.92 Å². The minimum absolute atomic E-state index is 0.0337. The van der Waals surface area contributed by atoms with Crippen LogP contribution in [0.3, 0.4) is 0 Å². The number of methoxy groups -OCH3 is 1. The summed E-state index contributed by atoms with van der Waals surface area (Å²) < 4.78 is 9.88. The molecule has 0 radical (unpaired) electrons. The van der Waals surface area contributed by atoms with Crippen molar-refractivity contribution in [2.45, 2.75) is 25.9 Å². The van der Waals surface area contributed by atoms with Crippen molar-refractivity contribution >= 4 is 23.5 Å². The average molecular weight is 412 g/mol. The second-order valence-electron chi connectivity index (χ2n) is 6.87. The second kappa shape index (κ2) is 8.73. The molecule has 9 nitrogen and oxygen atoms in total. The number of nitro benzene ring substituents is 1. The summed E-state index contributed by atoms with van der Waals surface area (Å²) in [4.78, 5) is 49.0. The highest BCUT2D eigenvalue weighted by Crippen LogP contribution is 2.24. The molecule has 0 aromatic heterocycles. The first-order valence-electron chi connectivity index (χ1n) is 9.18. The first-order valence-corrected chi connectivity index (χ1v) is 9.18. The lowest BCUT2D eigenvalue weighted by atomic mass is 9.94. The van der Waals surface area contributed by atoms with E-state index >= 15 is 0 Å². The first kappa shape index (κ1) is 21.0. The van der Waals surface area contributed by atoms with Gasteiger partial charge in [-0.25, -0.2) is 9.59 Å². The quantitative estimate of drug-likeness (QED) is 0.420. The number of carbonyl (C=O) groups excluding carboxylic acids is 3. The largest absolute Gasteiger partial charge is 0.467 e. The monoisotopic (exact) mass is 412 g/mol. The molecule has 0 N–H and O–H groups in total. The van der Waals surface area contributed by atoms with Gasteiger partial charge in [-0.15, -0.1) is 0 Å². The van der Waals surface area contributed by atoms with Gasteiger partial charge in [0.1, 0.15) is 6.04 Å². The molecule has 1 aliphatic heterocycles. The number of ether oxygens (including phenoxy) is 2. The van der Waals surface area contributed by atoms with Gasteiger partial charge in [-0.1, -0.05) is 30.3 Å². The van der Waals surface area contributed by atoms with Crippen LogP contribution in [0.15, 0.2) is 42.5 Å². The zero-order chi connectivity index (χ0) is 21.8. The van der Waals surface area contributed by atoms with Crippen molar-refractivity contribution in [3.8, 4) is 0 Å². The van der Waals surface area contributed by atoms with E-state index in [9.17, 15) is 24.5 Å². The van der Waals surface area contributed by atoms with Gasteiger partial charge in [0.15, 0.2) is 6.61 Å². The van der Waals surface area contributed by atoms with E-state index in [2.05, 4.69) is 0 Å². The third kappa shape index (κ3) is 4.29. The van der Waals surface area contributed by atoms with E-state index in [4.69, 9.17) is 9.47 Å². The Morgan fingerprint density at radius 3 is 2.53 bits per heavy atom. The normalized spacial score (nSPS) is 15.1. The Morgan fingerprint density at radius 1 is 1.17 bits per heavy atom. The molecule has 0 saturated heterocycles. The number of esters is 2. The molecule has 30 heavy (non-hydrogen) atoms. The van der Waals surface area contributed by atoms with Gasteiger partial charge in [-0.2, -0.15) is 0 Å². The van der Waals surface area contributed by atoms with Gasteiger partial charge in [-0.3, -0.25) is 14.9 Å². The first-order chi connectivity index (χ1) is 14.3. The highest BCUT2D eigenvalue weighted by molar-refractivity contribution is 5.93. The van der Waals surface area contributed by atoms with Gasteiger partial charge in [-0.05, 0) is 24.1 Å². The maximum Gasteiger partial charge on any atom is 0.338 e. The molecule has 1 atom stereocenters. The van der Waals surface area contributed by atoms with Gasteiger partial charge >= 0.3 is 11.9 Å². The van der Waals surface area contributed by atoms with E-state index in [-0.39, 0.29) is 17.8 Å². The number of hydrogen-bond acceptors (Lipinski definition) is 7. The summed E-state index contributed by atoms with van der Waals surface area (Å²) in [6.07, 6.45) is 0.298. The van der Waals surface area contributed by atoms with E-state index in [1.165, 1.54) is 24.1 Å². The van der Waals surface area contributed by atoms with Crippen molar-refractivity contribution in [1.29, 1.82) is 0 Å². The zero-order valence-corrected chi connectivity index (χ0v) is 16.5. The SMILES string of the molecule is COC(=O)[C@H]1Cc2ccccc2CN1C(=O)COC(=O)c1ccc(C)c([N+](=O)[O-])c1. The molecule has 0 saturated carbocycles. The Morgan fingerprint density at radius 2 is 1.87 bits per heavy atom. The standard InChI is InChI=1S/C21H20N2O7/c1-13-7-8-15(10-17(13)23(27)28)20(25)30-12-19(24)22-11-16-6-4-3-5-14(16)9-18(22)21(26)29-2/h3-8,10,18H,9,11-12H2,1-2H3/t18-/m1/s1. The van der Waals surface area contributed by atoms with E-state index in [0.29, 0.717) is 12.0 Å². The summed E-state index contributed by atoms with van der Waals surface area (Å²) in [5.41, 5.74) is 2.00. The Kier molecular flexibility index (Phi) is 6.10. The third-order valence-corrected chi connectivity index (χ3v) is 5.01. The number of aryl methyl sites for hydroxylation is 1. The van der Waals surface area contributed by atoms with Gasteiger partial charge < -0.3 is 14.4 Å². The van der Waals surface area contributed by atoms with Crippen molar-refractivity contribution in [1.82, 2.24) is 4.90 Å². The fraction of sp³-hybridized carbons (Fsp3) is 0.286. The van der Waals surface area contributed by atoms with Crippen LogP contribution in [0.1, 0.15) is 27.0 Å². The Hall–Kier alpha value is -3.75. The maximum absolute atomic E-state index is 12.7. The summed E-state index contributed by atoms with van der Waals surface area (Å²) in [6.45, 7) is 1.14. The molecule has 1 heterocycles. The van der Waals surface area contributed by atoms with Crippen molar-refractivity contribution in [2.24, 2.45) is 0 Å². The molecule has 0 aliphatic carbocycles. The van der Waals surface area contributed by atoms with E-state index in [0.717, 1.165) is 17.2 Å². The molecule has 2 aromatic rings. The number of carbonyl (C=O) groups is 3. The van der Waals surface area contributed by atoms with E-state index in [1.807, 2.05) is 24.3 Å². The van der Waals surface area contributed by atoms with Crippen LogP contribution in [-0.4, -0.2) is 47.4 Å². The molecule has 0 fully saturated rings. The van der Waals surface area contributed by atoms with Crippen LogP contribution in [0.5, 0.6) is 0 Å². The average Bonchev–Trinajstić information content (AvgIpc) is 2.75. The predicted molar refractivity (Wildman–Crippen MR) is 105 cm³/mol. The molecule has 2 aromatic carbocycles.